The molecule has 2 amide bonds. The molecule has 0 saturated heterocycles. The van der Waals surface area contributed by atoms with Crippen molar-refractivity contribution in [1.29, 1.82) is 0 Å². The van der Waals surface area contributed by atoms with E-state index >= 15 is 0 Å². The molecule has 2 heterocycles. The lowest BCUT2D eigenvalue weighted by Gasteiger charge is -2.07. The van der Waals surface area contributed by atoms with Crippen LogP contribution >= 0.6 is 23.2 Å². The van der Waals surface area contributed by atoms with Crippen LogP contribution in [0.4, 0.5) is 0 Å². The molecule has 0 bridgehead atoms. The van der Waals surface area contributed by atoms with Gasteiger partial charge < -0.3 is 4.42 Å². The maximum Gasteiger partial charge on any atom is 0.349 e. The van der Waals surface area contributed by atoms with Crippen molar-refractivity contribution in [3.63, 3.8) is 0 Å². The third kappa shape index (κ3) is 3.62. The second-order valence-corrected chi connectivity index (χ2v) is 5.74. The van der Waals surface area contributed by atoms with Crippen molar-refractivity contribution in [2.24, 2.45) is 0 Å². The SMILES string of the molecule is O=C(NNC(=O)c1cc2cc(Cl)cc(Cl)c2oc1=O)c1ccncc1. The smallest absolute Gasteiger partial charge is 0.349 e. The maximum atomic E-state index is 12.2. The summed E-state index contributed by atoms with van der Waals surface area (Å²) in [5, 5.41) is 0.851. The number of aromatic nitrogens is 1. The third-order valence-corrected chi connectivity index (χ3v) is 3.73. The lowest BCUT2D eigenvalue weighted by Crippen LogP contribution is -2.43. The van der Waals surface area contributed by atoms with E-state index in [4.69, 9.17) is 27.6 Å². The summed E-state index contributed by atoms with van der Waals surface area (Å²) in [5.74, 6) is -1.40. The zero-order valence-electron chi connectivity index (χ0n) is 12.4. The van der Waals surface area contributed by atoms with Crippen LogP contribution in [0.25, 0.3) is 11.0 Å². The van der Waals surface area contributed by atoms with Crippen LogP contribution in [0.5, 0.6) is 0 Å². The number of nitrogens with one attached hydrogen (secondary N) is 2. The molecule has 25 heavy (non-hydrogen) atoms. The van der Waals surface area contributed by atoms with Crippen molar-refractivity contribution in [2.75, 3.05) is 0 Å². The number of hydrazine groups is 1. The zero-order chi connectivity index (χ0) is 18.0. The first-order chi connectivity index (χ1) is 12.0. The third-order valence-electron chi connectivity index (χ3n) is 3.23. The van der Waals surface area contributed by atoms with Crippen molar-refractivity contribution in [3.05, 3.63) is 74.3 Å². The monoisotopic (exact) mass is 377 g/mol. The quantitative estimate of drug-likeness (QED) is 0.527. The average Bonchev–Trinajstić information content (AvgIpc) is 2.60. The van der Waals surface area contributed by atoms with Gasteiger partial charge in [0.05, 0.1) is 5.02 Å². The van der Waals surface area contributed by atoms with Crippen LogP contribution < -0.4 is 16.5 Å². The Labute approximate surface area is 150 Å². The number of fused-ring (bicyclic) bond motifs is 1. The van der Waals surface area contributed by atoms with E-state index < -0.39 is 17.4 Å². The molecular weight excluding hydrogens is 369 g/mol. The van der Waals surface area contributed by atoms with E-state index in [2.05, 4.69) is 15.8 Å². The standard InChI is InChI=1S/C16H9Cl2N3O4/c17-10-5-9-6-11(16(24)25-13(9)12(18)7-10)15(23)21-20-14(22)8-1-3-19-4-2-8/h1-7H,(H,20,22)(H,21,23). The zero-order valence-corrected chi connectivity index (χ0v) is 13.9. The molecule has 9 heteroatoms. The predicted molar refractivity (Wildman–Crippen MR) is 91.7 cm³/mol. The van der Waals surface area contributed by atoms with Gasteiger partial charge in [-0.25, -0.2) is 4.79 Å². The highest BCUT2D eigenvalue weighted by atomic mass is 35.5. The number of halogens is 2. The lowest BCUT2D eigenvalue weighted by atomic mass is 10.2. The Morgan fingerprint density at radius 1 is 1.00 bits per heavy atom. The average molecular weight is 378 g/mol. The van der Waals surface area contributed by atoms with Crippen LogP contribution in [-0.2, 0) is 0 Å². The highest BCUT2D eigenvalue weighted by Crippen LogP contribution is 2.27. The van der Waals surface area contributed by atoms with Crippen LogP contribution in [-0.4, -0.2) is 16.8 Å². The van der Waals surface area contributed by atoms with E-state index in [0.717, 1.165) is 0 Å². The van der Waals surface area contributed by atoms with Gasteiger partial charge in [-0.15, -0.1) is 0 Å². The summed E-state index contributed by atoms with van der Waals surface area (Å²) in [6, 6.07) is 7.14. The molecule has 2 N–H and O–H groups in total. The fourth-order valence-corrected chi connectivity index (χ4v) is 2.62. The number of carbonyl (C=O) groups is 2. The molecule has 0 radical (unpaired) electrons. The van der Waals surface area contributed by atoms with E-state index in [1.165, 1.54) is 42.7 Å². The summed E-state index contributed by atoms with van der Waals surface area (Å²) < 4.78 is 5.06. The number of carbonyl (C=O) groups excluding carboxylic acids is 2. The summed E-state index contributed by atoms with van der Waals surface area (Å²) in [6.07, 6.45) is 2.87. The van der Waals surface area contributed by atoms with Gasteiger partial charge in [0, 0.05) is 28.4 Å². The van der Waals surface area contributed by atoms with E-state index in [1.807, 2.05) is 0 Å². The van der Waals surface area contributed by atoms with Crippen molar-refractivity contribution in [3.8, 4) is 0 Å². The molecule has 3 rings (SSSR count). The lowest BCUT2D eigenvalue weighted by molar-refractivity contribution is 0.0844. The van der Waals surface area contributed by atoms with Crippen LogP contribution in [0, 0.1) is 0 Å². The molecule has 0 fully saturated rings. The number of pyridine rings is 1. The van der Waals surface area contributed by atoms with Gasteiger partial charge >= 0.3 is 5.63 Å². The van der Waals surface area contributed by atoms with Gasteiger partial charge in [-0.05, 0) is 30.3 Å². The molecule has 1 aromatic carbocycles. The Kier molecular flexibility index (Phi) is 4.69. The number of rotatable bonds is 2. The van der Waals surface area contributed by atoms with Crippen molar-refractivity contribution >= 4 is 46.0 Å². The van der Waals surface area contributed by atoms with Gasteiger partial charge in [-0.2, -0.15) is 0 Å². The van der Waals surface area contributed by atoms with Gasteiger partial charge in [-0.3, -0.25) is 25.4 Å². The number of hydrogen-bond acceptors (Lipinski definition) is 5. The van der Waals surface area contributed by atoms with E-state index in [1.54, 1.807) is 0 Å². The summed E-state index contributed by atoms with van der Waals surface area (Å²) in [7, 11) is 0. The number of hydrogen-bond donors (Lipinski definition) is 2. The molecule has 0 saturated carbocycles. The summed E-state index contributed by atoms with van der Waals surface area (Å²) >= 11 is 11.9. The van der Waals surface area contributed by atoms with Crippen molar-refractivity contribution < 1.29 is 14.0 Å². The van der Waals surface area contributed by atoms with E-state index in [9.17, 15) is 14.4 Å². The molecular formula is C16H9Cl2N3O4. The van der Waals surface area contributed by atoms with Crippen LogP contribution in [0.1, 0.15) is 20.7 Å². The molecule has 0 aliphatic carbocycles. The van der Waals surface area contributed by atoms with Gasteiger partial charge in [0.2, 0.25) is 0 Å². The van der Waals surface area contributed by atoms with Crippen LogP contribution in [0.15, 0.2) is 51.9 Å². The highest BCUT2D eigenvalue weighted by molar-refractivity contribution is 6.38. The summed E-state index contributed by atoms with van der Waals surface area (Å²) in [4.78, 5) is 39.8. The molecule has 126 valence electrons. The molecule has 0 spiro atoms. The van der Waals surface area contributed by atoms with E-state index in [0.29, 0.717) is 16.0 Å². The second-order valence-electron chi connectivity index (χ2n) is 4.90. The Morgan fingerprint density at radius 3 is 2.40 bits per heavy atom. The first-order valence-electron chi connectivity index (χ1n) is 6.89. The highest BCUT2D eigenvalue weighted by Gasteiger charge is 2.16. The molecule has 7 nitrogen and oxygen atoms in total. The van der Waals surface area contributed by atoms with Gasteiger partial charge in [0.1, 0.15) is 5.56 Å². The minimum Gasteiger partial charge on any atom is -0.421 e. The van der Waals surface area contributed by atoms with Gasteiger partial charge in [-0.1, -0.05) is 23.2 Å². The topological polar surface area (TPSA) is 101 Å². The van der Waals surface area contributed by atoms with Gasteiger partial charge in [0.25, 0.3) is 11.8 Å². The minimum absolute atomic E-state index is 0.119. The Balaban J connectivity index is 1.84. The minimum atomic E-state index is -0.896. The second kappa shape index (κ2) is 6.92. The maximum absolute atomic E-state index is 12.2. The largest absolute Gasteiger partial charge is 0.421 e. The molecule has 0 aliphatic rings. The molecule has 3 aromatic rings. The van der Waals surface area contributed by atoms with Crippen molar-refractivity contribution in [2.45, 2.75) is 0 Å². The van der Waals surface area contributed by atoms with Crippen LogP contribution in [0.2, 0.25) is 10.0 Å². The number of benzene rings is 1. The normalized spacial score (nSPS) is 10.5. The Bertz CT molecular complexity index is 1030. The first kappa shape index (κ1) is 16.9. The molecule has 0 aliphatic heterocycles. The fraction of sp³-hybridized carbons (Fsp3) is 0. The Hall–Kier alpha value is -2.90. The molecule has 0 atom stereocenters. The molecule has 2 aromatic heterocycles. The fourth-order valence-electron chi connectivity index (χ4n) is 2.07. The van der Waals surface area contributed by atoms with E-state index in [-0.39, 0.29) is 16.2 Å². The summed E-state index contributed by atoms with van der Waals surface area (Å²) in [6.45, 7) is 0. The molecule has 0 unspecified atom stereocenters. The Morgan fingerprint density at radius 2 is 1.68 bits per heavy atom. The van der Waals surface area contributed by atoms with Crippen molar-refractivity contribution in [1.82, 2.24) is 15.8 Å². The van der Waals surface area contributed by atoms with Gasteiger partial charge in [0.15, 0.2) is 5.58 Å². The van der Waals surface area contributed by atoms with Crippen LogP contribution in [0.3, 0.4) is 0 Å². The first-order valence-corrected chi connectivity index (χ1v) is 7.65. The number of amides is 2. The summed E-state index contributed by atoms with van der Waals surface area (Å²) in [5.41, 5.74) is 3.55. The predicted octanol–water partition coefficient (Wildman–Crippen LogP) is 2.57. The number of nitrogens with zero attached hydrogens (tertiary/aromatic N) is 1.